The van der Waals surface area contributed by atoms with Crippen LogP contribution in [0.5, 0.6) is 0 Å². The summed E-state index contributed by atoms with van der Waals surface area (Å²) in [6, 6.07) is -0.0287. The molecule has 1 aliphatic rings. The van der Waals surface area contributed by atoms with Crippen molar-refractivity contribution in [2.75, 3.05) is 26.7 Å². The van der Waals surface area contributed by atoms with Gasteiger partial charge in [-0.2, -0.15) is 0 Å². The smallest absolute Gasteiger partial charge is 0.239 e. The van der Waals surface area contributed by atoms with E-state index in [-0.39, 0.29) is 24.5 Å². The number of nitrogens with one attached hydrogen (secondary N) is 1. The van der Waals surface area contributed by atoms with Gasteiger partial charge in [0.25, 0.3) is 0 Å². The van der Waals surface area contributed by atoms with Crippen LogP contribution < -0.4 is 5.32 Å². The van der Waals surface area contributed by atoms with Crippen molar-refractivity contribution in [3.63, 3.8) is 0 Å². The predicted molar refractivity (Wildman–Crippen MR) is 50.3 cm³/mol. The van der Waals surface area contributed by atoms with Gasteiger partial charge in [-0.25, -0.2) is 0 Å². The second kappa shape index (κ2) is 4.58. The maximum absolute atomic E-state index is 11.4. The minimum Gasteiger partial charge on any atom is -0.396 e. The number of aliphatic hydroxyl groups excluding tert-OH is 1. The molecule has 0 aliphatic carbocycles. The lowest BCUT2D eigenvalue weighted by molar-refractivity contribution is -0.128. The minimum atomic E-state index is -0.0287. The fraction of sp³-hybridized carbons (Fsp3) is 0.889. The Labute approximate surface area is 78.9 Å². The van der Waals surface area contributed by atoms with Gasteiger partial charge in [-0.3, -0.25) is 4.79 Å². The molecule has 0 aromatic carbocycles. The Bertz CT molecular complexity index is 184. The standard InChI is InChI=1S/C9H18N2O2/c1-7(6-12)5-10-8-3-4-11(2)9(8)13/h7-8,10,12H,3-6H2,1-2H3. The average molecular weight is 186 g/mol. The fourth-order valence-electron chi connectivity index (χ4n) is 1.42. The molecule has 1 aliphatic heterocycles. The molecule has 1 rings (SSSR count). The topological polar surface area (TPSA) is 52.6 Å². The van der Waals surface area contributed by atoms with E-state index in [2.05, 4.69) is 5.32 Å². The van der Waals surface area contributed by atoms with E-state index in [4.69, 9.17) is 5.11 Å². The number of rotatable bonds is 4. The summed E-state index contributed by atoms with van der Waals surface area (Å²) in [6.45, 7) is 3.67. The molecule has 1 heterocycles. The summed E-state index contributed by atoms with van der Waals surface area (Å²) >= 11 is 0. The summed E-state index contributed by atoms with van der Waals surface area (Å²) in [5.41, 5.74) is 0. The monoisotopic (exact) mass is 186 g/mol. The lowest BCUT2D eigenvalue weighted by atomic mass is 10.1. The van der Waals surface area contributed by atoms with Gasteiger partial charge in [0.15, 0.2) is 0 Å². The van der Waals surface area contributed by atoms with Gasteiger partial charge < -0.3 is 15.3 Å². The summed E-state index contributed by atoms with van der Waals surface area (Å²) < 4.78 is 0. The molecule has 4 nitrogen and oxygen atoms in total. The fourth-order valence-corrected chi connectivity index (χ4v) is 1.42. The summed E-state index contributed by atoms with van der Waals surface area (Å²) in [6.07, 6.45) is 0.882. The summed E-state index contributed by atoms with van der Waals surface area (Å²) in [7, 11) is 1.82. The Balaban J connectivity index is 2.26. The van der Waals surface area contributed by atoms with Crippen LogP contribution in [0.25, 0.3) is 0 Å². The van der Waals surface area contributed by atoms with Crippen molar-refractivity contribution in [3.8, 4) is 0 Å². The van der Waals surface area contributed by atoms with Gasteiger partial charge in [0.2, 0.25) is 5.91 Å². The summed E-state index contributed by atoms with van der Waals surface area (Å²) in [4.78, 5) is 13.1. The number of likely N-dealkylation sites (tertiary alicyclic amines) is 1. The van der Waals surface area contributed by atoms with E-state index < -0.39 is 0 Å². The molecule has 0 bridgehead atoms. The third kappa shape index (κ3) is 2.67. The van der Waals surface area contributed by atoms with Crippen LogP contribution in [0.3, 0.4) is 0 Å². The molecule has 0 saturated carbocycles. The van der Waals surface area contributed by atoms with Crippen LogP contribution in [0.1, 0.15) is 13.3 Å². The zero-order valence-electron chi connectivity index (χ0n) is 8.29. The van der Waals surface area contributed by atoms with Gasteiger partial charge >= 0.3 is 0 Å². The van der Waals surface area contributed by atoms with Crippen molar-refractivity contribution in [1.82, 2.24) is 10.2 Å². The lowest BCUT2D eigenvalue weighted by Crippen LogP contribution is -2.39. The number of nitrogens with zero attached hydrogens (tertiary/aromatic N) is 1. The van der Waals surface area contributed by atoms with Crippen LogP contribution in [0.2, 0.25) is 0 Å². The first-order chi connectivity index (χ1) is 6.15. The van der Waals surface area contributed by atoms with Gasteiger partial charge in [-0.05, 0) is 12.3 Å². The third-order valence-corrected chi connectivity index (χ3v) is 2.45. The van der Waals surface area contributed by atoms with Crippen molar-refractivity contribution in [1.29, 1.82) is 0 Å². The van der Waals surface area contributed by atoms with Crippen molar-refractivity contribution >= 4 is 5.91 Å². The number of likely N-dealkylation sites (N-methyl/N-ethyl adjacent to an activating group) is 1. The van der Waals surface area contributed by atoms with Crippen LogP contribution in [0, 0.1) is 5.92 Å². The van der Waals surface area contributed by atoms with Crippen LogP contribution >= 0.6 is 0 Å². The Kier molecular flexibility index (Phi) is 3.69. The number of hydrogen-bond donors (Lipinski definition) is 2. The van der Waals surface area contributed by atoms with Crippen molar-refractivity contribution in [2.45, 2.75) is 19.4 Å². The number of carbonyl (C=O) groups is 1. The first-order valence-electron chi connectivity index (χ1n) is 4.74. The van der Waals surface area contributed by atoms with Crippen molar-refractivity contribution < 1.29 is 9.90 Å². The molecule has 0 aromatic heterocycles. The van der Waals surface area contributed by atoms with Crippen molar-refractivity contribution in [3.05, 3.63) is 0 Å². The van der Waals surface area contributed by atoms with Crippen LogP contribution in [-0.2, 0) is 4.79 Å². The van der Waals surface area contributed by atoms with Gasteiger partial charge in [-0.15, -0.1) is 0 Å². The predicted octanol–water partition coefficient (Wildman–Crippen LogP) is -0.565. The molecule has 1 fully saturated rings. The molecule has 1 saturated heterocycles. The highest BCUT2D eigenvalue weighted by Crippen LogP contribution is 2.08. The Hall–Kier alpha value is -0.610. The van der Waals surface area contributed by atoms with E-state index in [1.54, 1.807) is 4.90 Å². The molecule has 2 N–H and O–H groups in total. The van der Waals surface area contributed by atoms with E-state index in [0.29, 0.717) is 6.54 Å². The van der Waals surface area contributed by atoms with Gasteiger partial charge in [0.1, 0.15) is 0 Å². The van der Waals surface area contributed by atoms with E-state index >= 15 is 0 Å². The van der Waals surface area contributed by atoms with E-state index in [0.717, 1.165) is 13.0 Å². The SMILES string of the molecule is CC(CO)CNC1CCN(C)C1=O. The van der Waals surface area contributed by atoms with E-state index in [1.165, 1.54) is 0 Å². The molecule has 1 amide bonds. The van der Waals surface area contributed by atoms with Gasteiger partial charge in [-0.1, -0.05) is 6.92 Å². The lowest BCUT2D eigenvalue weighted by Gasteiger charge is -2.14. The molecular weight excluding hydrogens is 168 g/mol. The average Bonchev–Trinajstić information content (AvgIpc) is 2.44. The first-order valence-corrected chi connectivity index (χ1v) is 4.74. The zero-order chi connectivity index (χ0) is 9.84. The Morgan fingerprint density at radius 3 is 2.92 bits per heavy atom. The van der Waals surface area contributed by atoms with E-state index in [9.17, 15) is 4.79 Å². The molecule has 2 unspecified atom stereocenters. The Morgan fingerprint density at radius 2 is 2.46 bits per heavy atom. The molecule has 0 spiro atoms. The van der Waals surface area contributed by atoms with Crippen LogP contribution in [0.15, 0.2) is 0 Å². The van der Waals surface area contributed by atoms with Gasteiger partial charge in [0.05, 0.1) is 6.04 Å². The minimum absolute atomic E-state index is 0.0287. The highest BCUT2D eigenvalue weighted by molar-refractivity contribution is 5.83. The third-order valence-electron chi connectivity index (χ3n) is 2.45. The molecule has 4 heteroatoms. The van der Waals surface area contributed by atoms with E-state index in [1.807, 2.05) is 14.0 Å². The number of hydrogen-bond acceptors (Lipinski definition) is 3. The van der Waals surface area contributed by atoms with Crippen molar-refractivity contribution in [2.24, 2.45) is 5.92 Å². The number of aliphatic hydroxyl groups is 1. The largest absolute Gasteiger partial charge is 0.396 e. The normalized spacial score (nSPS) is 25.3. The number of carbonyl (C=O) groups excluding carboxylic acids is 1. The quantitative estimate of drug-likeness (QED) is 0.618. The highest BCUT2D eigenvalue weighted by atomic mass is 16.3. The Morgan fingerprint density at radius 1 is 1.77 bits per heavy atom. The maximum Gasteiger partial charge on any atom is 0.239 e. The number of amides is 1. The van der Waals surface area contributed by atoms with Gasteiger partial charge in [0, 0.05) is 26.7 Å². The zero-order valence-corrected chi connectivity index (χ0v) is 8.29. The molecule has 13 heavy (non-hydrogen) atoms. The molecule has 0 aromatic rings. The molecular formula is C9H18N2O2. The molecule has 0 radical (unpaired) electrons. The molecule has 2 atom stereocenters. The summed E-state index contributed by atoms with van der Waals surface area (Å²) in [5, 5.41) is 12.0. The highest BCUT2D eigenvalue weighted by Gasteiger charge is 2.28. The second-order valence-electron chi connectivity index (χ2n) is 3.80. The summed E-state index contributed by atoms with van der Waals surface area (Å²) in [5.74, 6) is 0.392. The second-order valence-corrected chi connectivity index (χ2v) is 3.80. The maximum atomic E-state index is 11.4. The van der Waals surface area contributed by atoms with Crippen LogP contribution in [0.4, 0.5) is 0 Å². The van der Waals surface area contributed by atoms with Crippen LogP contribution in [-0.4, -0.2) is 48.7 Å². The molecule has 76 valence electrons. The first kappa shape index (κ1) is 10.5.